The molecule has 39 heavy (non-hydrogen) atoms. The number of β-amino-alcohol motifs (C(OH)–C–C–N with tert-alkyl or cyclic N) is 1. The van der Waals surface area contributed by atoms with Gasteiger partial charge in [0.25, 0.3) is 0 Å². The van der Waals surface area contributed by atoms with Crippen molar-refractivity contribution in [2.75, 3.05) is 46.2 Å². The van der Waals surface area contributed by atoms with Gasteiger partial charge >= 0.3 is 0 Å². The maximum Gasteiger partial charge on any atom is 0.239 e. The number of fused-ring (bicyclic) bond motifs is 2. The number of amides is 1. The number of methoxy groups -OCH3 is 1. The first-order valence-corrected chi connectivity index (χ1v) is 13.3. The number of ether oxygens (including phenoxy) is 2. The molecule has 0 aliphatic carbocycles. The lowest BCUT2D eigenvalue weighted by Gasteiger charge is -2.37. The number of halogens is 1. The maximum atomic E-state index is 12.6. The highest BCUT2D eigenvalue weighted by molar-refractivity contribution is 6.36. The summed E-state index contributed by atoms with van der Waals surface area (Å²) in [5.41, 5.74) is 2.35. The summed E-state index contributed by atoms with van der Waals surface area (Å²) in [5.74, 6) is 1.63. The van der Waals surface area contributed by atoms with Crippen molar-refractivity contribution in [2.24, 2.45) is 0 Å². The number of hydrogen-bond acceptors (Lipinski definition) is 8. The molecule has 1 amide bonds. The number of para-hydroxylation sites is 1. The number of aromatic nitrogens is 3. The van der Waals surface area contributed by atoms with Crippen LogP contribution in [0.3, 0.4) is 0 Å². The van der Waals surface area contributed by atoms with Crippen molar-refractivity contribution < 1.29 is 19.4 Å². The molecule has 3 N–H and O–H groups in total. The van der Waals surface area contributed by atoms with Crippen molar-refractivity contribution in [2.45, 2.75) is 31.4 Å². The fourth-order valence-electron chi connectivity index (χ4n) is 5.08. The molecule has 3 heterocycles. The SMILES string of the molecule is COc1cc2c(Nc3cccc4c(Cl)c[nH]c34)ncnc2cc1OCC(O)CN1CCCCC1C(=O)N(C)C. The number of nitrogens with one attached hydrogen (secondary N) is 2. The van der Waals surface area contributed by atoms with Crippen LogP contribution in [0.15, 0.2) is 42.9 Å². The Balaban J connectivity index is 1.32. The molecule has 0 radical (unpaired) electrons. The van der Waals surface area contributed by atoms with Gasteiger partial charge in [0.05, 0.1) is 34.9 Å². The van der Waals surface area contributed by atoms with Crippen molar-refractivity contribution in [3.8, 4) is 11.5 Å². The van der Waals surface area contributed by atoms with Gasteiger partial charge < -0.3 is 29.8 Å². The minimum absolute atomic E-state index is 0.0486. The standard InChI is InChI=1S/C28H33ClN6O4/c1-34(2)28(37)23-9-4-5-10-35(23)14-17(36)15-39-25-12-22-19(11-24(25)38-3)27(32-16-31-22)33-21-8-6-7-18-20(29)13-30-26(18)21/h6-8,11-13,16-17,23,30,36H,4-5,9-10,14-15H2,1-3H3,(H,31,32,33). The summed E-state index contributed by atoms with van der Waals surface area (Å²) in [6.45, 7) is 1.17. The van der Waals surface area contributed by atoms with Crippen LogP contribution in [0.2, 0.25) is 5.02 Å². The van der Waals surface area contributed by atoms with E-state index in [1.165, 1.54) is 6.33 Å². The predicted molar refractivity (Wildman–Crippen MR) is 152 cm³/mol. The Morgan fingerprint density at radius 2 is 2.10 bits per heavy atom. The summed E-state index contributed by atoms with van der Waals surface area (Å²) in [6.07, 6.45) is 5.26. The molecular formula is C28H33ClN6O4. The zero-order valence-electron chi connectivity index (χ0n) is 22.3. The number of anilines is 2. The second-order valence-corrected chi connectivity index (χ2v) is 10.3. The molecule has 1 fully saturated rings. The quantitative estimate of drug-likeness (QED) is 0.283. The van der Waals surface area contributed by atoms with Crippen molar-refractivity contribution in [3.05, 3.63) is 47.9 Å². The number of aliphatic hydroxyl groups is 1. The number of rotatable bonds is 9. The van der Waals surface area contributed by atoms with Gasteiger partial charge in [0.15, 0.2) is 11.5 Å². The van der Waals surface area contributed by atoms with Crippen molar-refractivity contribution in [1.29, 1.82) is 0 Å². The number of hydrogen-bond donors (Lipinski definition) is 3. The highest BCUT2D eigenvalue weighted by Crippen LogP contribution is 2.36. The van der Waals surface area contributed by atoms with Crippen LogP contribution in [-0.4, -0.2) is 88.8 Å². The number of piperidine rings is 1. The molecule has 206 valence electrons. The van der Waals surface area contributed by atoms with Crippen LogP contribution >= 0.6 is 11.6 Å². The summed E-state index contributed by atoms with van der Waals surface area (Å²) >= 11 is 6.29. The van der Waals surface area contributed by atoms with E-state index in [1.807, 2.05) is 24.3 Å². The molecule has 1 aliphatic rings. The van der Waals surface area contributed by atoms with E-state index in [4.69, 9.17) is 21.1 Å². The van der Waals surface area contributed by atoms with Gasteiger partial charge in [-0.1, -0.05) is 30.2 Å². The van der Waals surface area contributed by atoms with Crippen LogP contribution in [0.1, 0.15) is 19.3 Å². The zero-order valence-corrected chi connectivity index (χ0v) is 23.0. The Bertz CT molecular complexity index is 1480. The van der Waals surface area contributed by atoms with E-state index in [2.05, 4.69) is 25.2 Å². The summed E-state index contributed by atoms with van der Waals surface area (Å²) in [5, 5.41) is 16.5. The summed E-state index contributed by atoms with van der Waals surface area (Å²) < 4.78 is 11.6. The molecule has 11 heteroatoms. The summed E-state index contributed by atoms with van der Waals surface area (Å²) in [6, 6.07) is 9.20. The fraction of sp³-hybridized carbons (Fsp3) is 0.393. The average molecular weight is 553 g/mol. The Morgan fingerprint density at radius 3 is 2.90 bits per heavy atom. The van der Waals surface area contributed by atoms with Crippen LogP contribution in [0, 0.1) is 0 Å². The molecule has 0 saturated carbocycles. The van der Waals surface area contributed by atoms with Crippen LogP contribution in [0.25, 0.3) is 21.8 Å². The number of aliphatic hydroxyl groups excluding tert-OH is 1. The number of carbonyl (C=O) groups is 1. The van der Waals surface area contributed by atoms with E-state index >= 15 is 0 Å². The first kappa shape index (κ1) is 27.0. The minimum atomic E-state index is -0.781. The number of nitrogens with zero attached hydrogens (tertiary/aromatic N) is 4. The lowest BCUT2D eigenvalue weighted by atomic mass is 10.0. The third-order valence-corrected chi connectivity index (χ3v) is 7.37. The van der Waals surface area contributed by atoms with Gasteiger partial charge in [0.1, 0.15) is 24.9 Å². The van der Waals surface area contributed by atoms with E-state index in [1.54, 1.807) is 38.4 Å². The van der Waals surface area contributed by atoms with Crippen molar-refractivity contribution in [3.63, 3.8) is 0 Å². The van der Waals surface area contributed by atoms with Gasteiger partial charge in [0.2, 0.25) is 5.91 Å². The van der Waals surface area contributed by atoms with Gasteiger partial charge in [-0.05, 0) is 31.5 Å². The first-order chi connectivity index (χ1) is 18.9. The molecule has 2 atom stereocenters. The highest BCUT2D eigenvalue weighted by atomic mass is 35.5. The topological polar surface area (TPSA) is 116 Å². The lowest BCUT2D eigenvalue weighted by molar-refractivity contribution is -0.136. The van der Waals surface area contributed by atoms with Gasteiger partial charge in [-0.2, -0.15) is 0 Å². The Kier molecular flexibility index (Phi) is 8.06. The molecule has 0 spiro atoms. The Labute approximate surface area is 231 Å². The van der Waals surface area contributed by atoms with Crippen LogP contribution in [-0.2, 0) is 4.79 Å². The number of likely N-dealkylation sites (N-methyl/N-ethyl adjacent to an activating group) is 1. The largest absolute Gasteiger partial charge is 0.493 e. The molecule has 4 aromatic rings. The normalized spacial score (nSPS) is 16.8. The molecule has 1 saturated heterocycles. The molecule has 10 nitrogen and oxygen atoms in total. The van der Waals surface area contributed by atoms with Gasteiger partial charge in [-0.3, -0.25) is 9.69 Å². The van der Waals surface area contributed by atoms with E-state index in [0.717, 1.165) is 47.8 Å². The third kappa shape index (κ3) is 5.73. The number of likely N-dealkylation sites (tertiary alicyclic amines) is 1. The molecule has 5 rings (SSSR count). The van der Waals surface area contributed by atoms with Crippen LogP contribution in [0.5, 0.6) is 11.5 Å². The number of carbonyl (C=O) groups excluding carboxylic acids is 1. The molecule has 1 aliphatic heterocycles. The molecule has 2 aromatic carbocycles. The second kappa shape index (κ2) is 11.6. The second-order valence-electron chi connectivity index (χ2n) is 9.94. The third-order valence-electron chi connectivity index (χ3n) is 7.05. The lowest BCUT2D eigenvalue weighted by Crippen LogP contribution is -2.51. The molecule has 2 aromatic heterocycles. The monoisotopic (exact) mass is 552 g/mol. The number of H-pyrrole nitrogens is 1. The van der Waals surface area contributed by atoms with E-state index in [9.17, 15) is 9.90 Å². The highest BCUT2D eigenvalue weighted by Gasteiger charge is 2.31. The smallest absolute Gasteiger partial charge is 0.239 e. The predicted octanol–water partition coefficient (Wildman–Crippen LogP) is 4.20. The van der Waals surface area contributed by atoms with Crippen LogP contribution < -0.4 is 14.8 Å². The van der Waals surface area contributed by atoms with Gasteiger partial charge in [-0.15, -0.1) is 0 Å². The van der Waals surface area contributed by atoms with Crippen molar-refractivity contribution in [1.82, 2.24) is 24.8 Å². The van der Waals surface area contributed by atoms with Gasteiger partial charge in [0, 0.05) is 43.7 Å². The summed E-state index contributed by atoms with van der Waals surface area (Å²) in [4.78, 5) is 28.4. The van der Waals surface area contributed by atoms with E-state index < -0.39 is 6.10 Å². The maximum absolute atomic E-state index is 12.6. The van der Waals surface area contributed by atoms with E-state index in [-0.39, 0.29) is 18.6 Å². The fourth-order valence-corrected chi connectivity index (χ4v) is 5.30. The average Bonchev–Trinajstić information content (AvgIpc) is 3.33. The minimum Gasteiger partial charge on any atom is -0.493 e. The van der Waals surface area contributed by atoms with E-state index in [0.29, 0.717) is 34.4 Å². The van der Waals surface area contributed by atoms with Crippen LogP contribution in [0.4, 0.5) is 11.5 Å². The van der Waals surface area contributed by atoms with Crippen molar-refractivity contribution >= 4 is 50.8 Å². The molecule has 0 bridgehead atoms. The van der Waals surface area contributed by atoms with Gasteiger partial charge in [-0.25, -0.2) is 9.97 Å². The molecule has 2 unspecified atom stereocenters. The zero-order chi connectivity index (χ0) is 27.5. The Morgan fingerprint density at radius 1 is 1.26 bits per heavy atom. The Hall–Kier alpha value is -3.60. The summed E-state index contributed by atoms with van der Waals surface area (Å²) in [7, 11) is 5.09. The number of aromatic amines is 1. The first-order valence-electron chi connectivity index (χ1n) is 13.0. The molecular weight excluding hydrogens is 520 g/mol. The number of benzene rings is 2.